The van der Waals surface area contributed by atoms with Gasteiger partial charge in [-0.05, 0) is 42.2 Å². The molecule has 0 unspecified atom stereocenters. The predicted molar refractivity (Wildman–Crippen MR) is 47.7 cm³/mol. The number of aromatic carboxylic acids is 1. The van der Waals surface area contributed by atoms with Crippen LogP contribution in [0.1, 0.15) is 28.1 Å². The first-order valence-electron chi connectivity index (χ1n) is 4.06. The van der Waals surface area contributed by atoms with Gasteiger partial charge in [0, 0.05) is 0 Å². The van der Waals surface area contributed by atoms with Gasteiger partial charge in [0.1, 0.15) is 4.88 Å². The minimum Gasteiger partial charge on any atom is -0.477 e. The summed E-state index contributed by atoms with van der Waals surface area (Å²) >= 11 is 1.33. The van der Waals surface area contributed by atoms with Crippen LogP contribution in [0, 0.1) is 5.92 Å². The number of hydrogen-bond donors (Lipinski definition) is 1. The summed E-state index contributed by atoms with van der Waals surface area (Å²) in [6.07, 6.45) is 3.71. The van der Waals surface area contributed by atoms with Crippen molar-refractivity contribution in [3.05, 3.63) is 21.9 Å². The highest BCUT2D eigenvalue weighted by Gasteiger charge is 2.22. The van der Waals surface area contributed by atoms with Gasteiger partial charge in [0.2, 0.25) is 0 Å². The van der Waals surface area contributed by atoms with Crippen LogP contribution in [0.3, 0.4) is 0 Å². The Hall–Kier alpha value is -0.830. The number of carboxylic acids is 1. The predicted octanol–water partition coefficient (Wildman–Crippen LogP) is 2.40. The van der Waals surface area contributed by atoms with Gasteiger partial charge in [-0.3, -0.25) is 0 Å². The zero-order valence-corrected chi connectivity index (χ0v) is 7.43. The summed E-state index contributed by atoms with van der Waals surface area (Å²) in [4.78, 5) is 11.0. The molecule has 0 saturated heterocycles. The van der Waals surface area contributed by atoms with E-state index in [1.807, 2.05) is 5.38 Å². The summed E-state index contributed by atoms with van der Waals surface area (Å²) in [5.41, 5.74) is 1.19. The molecule has 1 aliphatic carbocycles. The van der Waals surface area contributed by atoms with Gasteiger partial charge in [-0.2, -0.15) is 0 Å². The van der Waals surface area contributed by atoms with E-state index in [2.05, 4.69) is 0 Å². The number of hydrogen-bond acceptors (Lipinski definition) is 2. The maximum atomic E-state index is 10.5. The molecule has 64 valence electrons. The molecular formula is C9H10O2S. The molecule has 2 rings (SSSR count). The van der Waals surface area contributed by atoms with Crippen LogP contribution in [-0.4, -0.2) is 11.1 Å². The average Bonchev–Trinajstić information content (AvgIpc) is 2.66. The number of carbonyl (C=O) groups is 1. The van der Waals surface area contributed by atoms with Crippen molar-refractivity contribution in [2.75, 3.05) is 0 Å². The normalized spacial score (nSPS) is 16.3. The van der Waals surface area contributed by atoms with Gasteiger partial charge in [-0.25, -0.2) is 4.79 Å². The molecule has 1 aromatic rings. The molecule has 0 radical (unpaired) electrons. The van der Waals surface area contributed by atoms with Crippen molar-refractivity contribution in [2.24, 2.45) is 5.92 Å². The van der Waals surface area contributed by atoms with Gasteiger partial charge in [-0.15, -0.1) is 11.3 Å². The van der Waals surface area contributed by atoms with Crippen LogP contribution in [0.5, 0.6) is 0 Å². The van der Waals surface area contributed by atoms with Crippen molar-refractivity contribution in [2.45, 2.75) is 19.3 Å². The Morgan fingerprint density at radius 1 is 1.67 bits per heavy atom. The van der Waals surface area contributed by atoms with Crippen LogP contribution >= 0.6 is 11.3 Å². The smallest absolute Gasteiger partial charge is 0.345 e. The summed E-state index contributed by atoms with van der Waals surface area (Å²) < 4.78 is 0. The standard InChI is InChI=1S/C9H10O2S/c10-9(11)8-4-7(5-12-8)3-6-1-2-6/h4-6H,1-3H2,(H,10,11). The average molecular weight is 182 g/mol. The van der Waals surface area contributed by atoms with E-state index < -0.39 is 5.97 Å². The van der Waals surface area contributed by atoms with E-state index in [9.17, 15) is 4.79 Å². The van der Waals surface area contributed by atoms with Crippen molar-refractivity contribution < 1.29 is 9.90 Å². The van der Waals surface area contributed by atoms with E-state index in [0.717, 1.165) is 12.3 Å². The Balaban J connectivity index is 2.06. The monoisotopic (exact) mass is 182 g/mol. The van der Waals surface area contributed by atoms with Crippen LogP contribution in [0.4, 0.5) is 0 Å². The third-order valence-corrected chi connectivity index (χ3v) is 3.05. The highest BCUT2D eigenvalue weighted by atomic mass is 32.1. The first-order valence-corrected chi connectivity index (χ1v) is 4.94. The molecule has 0 spiro atoms. The Morgan fingerprint density at radius 3 is 2.92 bits per heavy atom. The maximum Gasteiger partial charge on any atom is 0.345 e. The lowest BCUT2D eigenvalue weighted by atomic mass is 10.2. The fourth-order valence-corrected chi connectivity index (χ4v) is 2.01. The number of carboxylic acid groups (broad SMARTS) is 1. The fraction of sp³-hybridized carbons (Fsp3) is 0.444. The Bertz CT molecular complexity index is 299. The molecule has 0 aliphatic heterocycles. The molecule has 0 aromatic carbocycles. The van der Waals surface area contributed by atoms with E-state index in [-0.39, 0.29) is 0 Å². The highest BCUT2D eigenvalue weighted by Crippen LogP contribution is 2.33. The molecule has 0 atom stereocenters. The highest BCUT2D eigenvalue weighted by molar-refractivity contribution is 7.12. The van der Waals surface area contributed by atoms with Crippen LogP contribution in [0.15, 0.2) is 11.4 Å². The van der Waals surface area contributed by atoms with E-state index in [0.29, 0.717) is 4.88 Å². The maximum absolute atomic E-state index is 10.5. The zero-order valence-electron chi connectivity index (χ0n) is 6.62. The van der Waals surface area contributed by atoms with Crippen molar-refractivity contribution >= 4 is 17.3 Å². The Labute approximate surface area is 74.8 Å². The third-order valence-electron chi connectivity index (χ3n) is 2.09. The molecular weight excluding hydrogens is 172 g/mol. The fourth-order valence-electron chi connectivity index (χ4n) is 1.25. The van der Waals surface area contributed by atoms with Gasteiger partial charge in [0.15, 0.2) is 0 Å². The molecule has 1 aliphatic rings. The van der Waals surface area contributed by atoms with Crippen LogP contribution in [0.2, 0.25) is 0 Å². The lowest BCUT2D eigenvalue weighted by Gasteiger charge is -1.89. The molecule has 1 N–H and O–H groups in total. The molecule has 12 heavy (non-hydrogen) atoms. The van der Waals surface area contributed by atoms with E-state index in [1.54, 1.807) is 6.07 Å². The van der Waals surface area contributed by atoms with E-state index in [4.69, 9.17) is 5.11 Å². The van der Waals surface area contributed by atoms with E-state index in [1.165, 1.54) is 29.7 Å². The van der Waals surface area contributed by atoms with Crippen molar-refractivity contribution in [1.29, 1.82) is 0 Å². The lowest BCUT2D eigenvalue weighted by Crippen LogP contribution is -1.90. The third kappa shape index (κ3) is 1.67. The lowest BCUT2D eigenvalue weighted by molar-refractivity contribution is 0.0702. The van der Waals surface area contributed by atoms with Gasteiger partial charge in [0.25, 0.3) is 0 Å². The quantitative estimate of drug-likeness (QED) is 0.779. The van der Waals surface area contributed by atoms with Gasteiger partial charge < -0.3 is 5.11 Å². The largest absolute Gasteiger partial charge is 0.477 e. The second-order valence-electron chi connectivity index (χ2n) is 3.27. The first-order chi connectivity index (χ1) is 5.75. The first kappa shape index (κ1) is 7.80. The van der Waals surface area contributed by atoms with Gasteiger partial charge in [-0.1, -0.05) is 0 Å². The summed E-state index contributed by atoms with van der Waals surface area (Å²) in [5, 5.41) is 10.6. The van der Waals surface area contributed by atoms with Crippen LogP contribution in [0.25, 0.3) is 0 Å². The summed E-state index contributed by atoms with van der Waals surface area (Å²) in [7, 11) is 0. The summed E-state index contributed by atoms with van der Waals surface area (Å²) in [6.45, 7) is 0. The minimum absolute atomic E-state index is 0.464. The van der Waals surface area contributed by atoms with Crippen LogP contribution < -0.4 is 0 Å². The molecule has 3 heteroatoms. The molecule has 1 fully saturated rings. The Kier molecular flexibility index (Phi) is 1.89. The molecule has 1 heterocycles. The summed E-state index contributed by atoms with van der Waals surface area (Å²) in [5.74, 6) is 0.0308. The van der Waals surface area contributed by atoms with Crippen molar-refractivity contribution in [3.63, 3.8) is 0 Å². The second-order valence-corrected chi connectivity index (χ2v) is 4.18. The summed E-state index contributed by atoms with van der Waals surface area (Å²) in [6, 6.07) is 1.80. The topological polar surface area (TPSA) is 37.3 Å². The van der Waals surface area contributed by atoms with Crippen molar-refractivity contribution in [3.8, 4) is 0 Å². The van der Waals surface area contributed by atoms with E-state index >= 15 is 0 Å². The molecule has 1 saturated carbocycles. The Morgan fingerprint density at radius 2 is 2.42 bits per heavy atom. The van der Waals surface area contributed by atoms with Gasteiger partial charge >= 0.3 is 5.97 Å². The van der Waals surface area contributed by atoms with Crippen molar-refractivity contribution in [1.82, 2.24) is 0 Å². The zero-order chi connectivity index (χ0) is 8.55. The number of rotatable bonds is 3. The molecule has 0 amide bonds. The molecule has 1 aromatic heterocycles. The number of thiophene rings is 1. The van der Waals surface area contributed by atoms with Gasteiger partial charge in [0.05, 0.1) is 0 Å². The molecule has 0 bridgehead atoms. The second kappa shape index (κ2) is 2.90. The molecule has 2 nitrogen and oxygen atoms in total. The SMILES string of the molecule is O=C(O)c1cc(CC2CC2)cs1. The minimum atomic E-state index is -0.804. The van der Waals surface area contributed by atoms with Crippen LogP contribution in [-0.2, 0) is 6.42 Å².